The summed E-state index contributed by atoms with van der Waals surface area (Å²) < 4.78 is 36.3. The normalized spacial score (nSPS) is 14.8. The average molecular weight is 303 g/mol. The van der Waals surface area contributed by atoms with Crippen LogP contribution in [0.25, 0.3) is 0 Å². The van der Waals surface area contributed by atoms with Crippen LogP contribution in [0.1, 0.15) is 13.3 Å². The van der Waals surface area contributed by atoms with Crippen molar-refractivity contribution in [2.45, 2.75) is 23.8 Å². The minimum atomic E-state index is -3.65. The second-order valence-corrected chi connectivity index (χ2v) is 6.51. The third kappa shape index (κ3) is 5.09. The van der Waals surface area contributed by atoms with E-state index in [4.69, 9.17) is 9.47 Å². The number of hydrogen-bond donors (Lipinski definition) is 2. The molecule has 0 saturated heterocycles. The van der Waals surface area contributed by atoms with Gasteiger partial charge in [-0.1, -0.05) is 0 Å². The monoisotopic (exact) mass is 303 g/mol. The second-order valence-electron chi connectivity index (χ2n) is 4.74. The molecule has 0 amide bonds. The van der Waals surface area contributed by atoms with Crippen LogP contribution in [0, 0.1) is 0 Å². The highest BCUT2D eigenvalue weighted by Gasteiger charge is 2.23. The van der Waals surface area contributed by atoms with Gasteiger partial charge in [0.1, 0.15) is 5.75 Å². The zero-order chi connectivity index (χ0) is 15.2. The predicted molar refractivity (Wildman–Crippen MR) is 75.3 cm³/mol. The van der Waals surface area contributed by atoms with E-state index in [-0.39, 0.29) is 11.4 Å². The van der Waals surface area contributed by atoms with Crippen LogP contribution in [-0.2, 0) is 14.8 Å². The molecule has 1 aromatic carbocycles. The van der Waals surface area contributed by atoms with Gasteiger partial charge in [-0.15, -0.1) is 0 Å². The van der Waals surface area contributed by atoms with Gasteiger partial charge in [0.25, 0.3) is 0 Å². The lowest BCUT2D eigenvalue weighted by molar-refractivity contribution is 0.0292. The Labute approximate surface area is 119 Å². The minimum Gasteiger partial charge on any atom is -0.497 e. The number of ether oxygens (including phenoxy) is 2. The molecule has 2 N–H and O–H groups in total. The van der Waals surface area contributed by atoms with Crippen molar-refractivity contribution in [2.75, 3.05) is 27.4 Å². The summed E-state index contributed by atoms with van der Waals surface area (Å²) in [6, 6.07) is 6.03. The van der Waals surface area contributed by atoms with Crippen LogP contribution in [0.4, 0.5) is 0 Å². The molecule has 114 valence electrons. The summed E-state index contributed by atoms with van der Waals surface area (Å²) in [7, 11) is -0.616. The van der Waals surface area contributed by atoms with E-state index in [2.05, 4.69) is 4.72 Å². The lowest BCUT2D eigenvalue weighted by atomic mass is 10.0. The van der Waals surface area contributed by atoms with E-state index in [0.717, 1.165) is 0 Å². The molecule has 6 nitrogen and oxygen atoms in total. The van der Waals surface area contributed by atoms with Crippen LogP contribution in [0.3, 0.4) is 0 Å². The van der Waals surface area contributed by atoms with Crippen molar-refractivity contribution in [3.63, 3.8) is 0 Å². The number of methoxy groups -OCH3 is 2. The fourth-order valence-corrected chi connectivity index (χ4v) is 2.66. The number of hydrogen-bond acceptors (Lipinski definition) is 5. The third-order valence-corrected chi connectivity index (χ3v) is 4.27. The molecule has 1 unspecified atom stereocenters. The van der Waals surface area contributed by atoms with E-state index in [1.54, 1.807) is 19.1 Å². The van der Waals surface area contributed by atoms with Gasteiger partial charge in [0.05, 0.1) is 17.6 Å². The van der Waals surface area contributed by atoms with Crippen LogP contribution in [0.5, 0.6) is 5.75 Å². The van der Waals surface area contributed by atoms with Crippen LogP contribution >= 0.6 is 0 Å². The molecule has 0 saturated carbocycles. The Hall–Kier alpha value is -1.15. The minimum absolute atomic E-state index is 0.0786. The van der Waals surface area contributed by atoms with E-state index in [1.807, 2.05) is 0 Å². The maximum absolute atomic E-state index is 12.1. The molecule has 1 atom stereocenters. The first-order valence-electron chi connectivity index (χ1n) is 6.16. The second kappa shape index (κ2) is 7.03. The highest BCUT2D eigenvalue weighted by atomic mass is 32.2. The molecule has 7 heteroatoms. The summed E-state index contributed by atoms with van der Waals surface area (Å²) in [5, 5.41) is 10.0. The molecule has 1 rings (SSSR count). The Bertz CT molecular complexity index is 510. The number of nitrogens with one attached hydrogen (secondary N) is 1. The maximum atomic E-state index is 12.1. The highest BCUT2D eigenvalue weighted by Crippen LogP contribution is 2.16. The molecular formula is C13H21NO5S. The largest absolute Gasteiger partial charge is 0.497 e. The van der Waals surface area contributed by atoms with Gasteiger partial charge >= 0.3 is 0 Å². The molecule has 0 aromatic heterocycles. The predicted octanol–water partition coefficient (Wildman–Crippen LogP) is 0.761. The Balaban J connectivity index is 2.69. The van der Waals surface area contributed by atoms with E-state index >= 15 is 0 Å². The van der Waals surface area contributed by atoms with E-state index in [1.165, 1.54) is 26.4 Å². The lowest BCUT2D eigenvalue weighted by Crippen LogP contribution is -2.41. The van der Waals surface area contributed by atoms with Crippen LogP contribution in [0.15, 0.2) is 29.2 Å². The van der Waals surface area contributed by atoms with Gasteiger partial charge in [0.2, 0.25) is 10.0 Å². The zero-order valence-electron chi connectivity index (χ0n) is 11.9. The first-order valence-corrected chi connectivity index (χ1v) is 7.64. The molecule has 0 aliphatic carbocycles. The summed E-state index contributed by atoms with van der Waals surface area (Å²) in [6.07, 6.45) is 0.342. The van der Waals surface area contributed by atoms with Crippen molar-refractivity contribution in [1.82, 2.24) is 4.72 Å². The summed E-state index contributed by atoms with van der Waals surface area (Å²) >= 11 is 0. The molecule has 0 fully saturated rings. The highest BCUT2D eigenvalue weighted by molar-refractivity contribution is 7.89. The van der Waals surface area contributed by atoms with Crippen molar-refractivity contribution in [1.29, 1.82) is 0 Å². The van der Waals surface area contributed by atoms with Gasteiger partial charge in [-0.3, -0.25) is 0 Å². The van der Waals surface area contributed by atoms with Crippen molar-refractivity contribution in [3.8, 4) is 5.75 Å². The molecular weight excluding hydrogens is 282 g/mol. The summed E-state index contributed by atoms with van der Waals surface area (Å²) in [4.78, 5) is 0.126. The van der Waals surface area contributed by atoms with E-state index in [9.17, 15) is 13.5 Å². The first kappa shape index (κ1) is 16.9. The van der Waals surface area contributed by atoms with Gasteiger partial charge < -0.3 is 14.6 Å². The molecule has 0 spiro atoms. The molecule has 0 aliphatic rings. The van der Waals surface area contributed by atoms with Gasteiger partial charge in [-0.25, -0.2) is 13.1 Å². The molecule has 0 bridgehead atoms. The first-order chi connectivity index (χ1) is 9.30. The number of benzene rings is 1. The van der Waals surface area contributed by atoms with Gasteiger partial charge in [0, 0.05) is 26.7 Å². The zero-order valence-corrected chi connectivity index (χ0v) is 12.7. The van der Waals surface area contributed by atoms with Gasteiger partial charge in [-0.2, -0.15) is 0 Å². The summed E-state index contributed by atoms with van der Waals surface area (Å²) in [5.74, 6) is 0.580. The SMILES string of the molecule is COCCC(C)(O)CNS(=O)(=O)c1ccc(OC)cc1. The smallest absolute Gasteiger partial charge is 0.240 e. The van der Waals surface area contributed by atoms with Crippen molar-refractivity contribution in [3.05, 3.63) is 24.3 Å². The standard InChI is InChI=1S/C13H21NO5S/c1-13(15,8-9-18-2)10-14-20(16,17)12-6-4-11(19-3)5-7-12/h4-7,14-15H,8-10H2,1-3H3. The van der Waals surface area contributed by atoms with Gasteiger partial charge in [0.15, 0.2) is 0 Å². The van der Waals surface area contributed by atoms with Crippen LogP contribution < -0.4 is 9.46 Å². The topological polar surface area (TPSA) is 84.9 Å². The molecule has 0 aliphatic heterocycles. The Morgan fingerprint density at radius 2 is 1.85 bits per heavy atom. The maximum Gasteiger partial charge on any atom is 0.240 e. The van der Waals surface area contributed by atoms with Gasteiger partial charge in [-0.05, 0) is 31.2 Å². The van der Waals surface area contributed by atoms with Crippen molar-refractivity contribution < 1.29 is 23.0 Å². The van der Waals surface area contributed by atoms with E-state index < -0.39 is 15.6 Å². The van der Waals surface area contributed by atoms with Crippen molar-refractivity contribution in [2.24, 2.45) is 0 Å². The average Bonchev–Trinajstić information content (AvgIpc) is 2.43. The van der Waals surface area contributed by atoms with E-state index in [0.29, 0.717) is 18.8 Å². The quantitative estimate of drug-likeness (QED) is 0.740. The number of sulfonamides is 1. The molecule has 20 heavy (non-hydrogen) atoms. The van der Waals surface area contributed by atoms with Crippen LogP contribution in [0.2, 0.25) is 0 Å². The molecule has 1 aromatic rings. The summed E-state index contributed by atoms with van der Waals surface area (Å²) in [5.41, 5.74) is -1.16. The number of rotatable bonds is 8. The Morgan fingerprint density at radius 1 is 1.25 bits per heavy atom. The fourth-order valence-electron chi connectivity index (χ4n) is 1.50. The fraction of sp³-hybridized carbons (Fsp3) is 0.538. The molecule has 0 heterocycles. The third-order valence-electron chi connectivity index (χ3n) is 2.86. The number of aliphatic hydroxyl groups is 1. The lowest BCUT2D eigenvalue weighted by Gasteiger charge is -2.23. The Kier molecular flexibility index (Phi) is 5.94. The summed E-state index contributed by atoms with van der Waals surface area (Å²) in [6.45, 7) is 1.84. The van der Waals surface area contributed by atoms with Crippen molar-refractivity contribution >= 4 is 10.0 Å². The Morgan fingerprint density at radius 3 is 2.35 bits per heavy atom. The van der Waals surface area contributed by atoms with Crippen LogP contribution in [-0.4, -0.2) is 46.5 Å². The molecule has 0 radical (unpaired) electrons.